The van der Waals surface area contributed by atoms with Gasteiger partial charge in [0.15, 0.2) is 5.79 Å². The van der Waals surface area contributed by atoms with Gasteiger partial charge in [-0.2, -0.15) is 0 Å². The van der Waals surface area contributed by atoms with Gasteiger partial charge in [0, 0.05) is 12.5 Å². The average Bonchev–Trinajstić information content (AvgIpc) is 2.61. The van der Waals surface area contributed by atoms with E-state index < -0.39 is 23.5 Å². The van der Waals surface area contributed by atoms with Crippen LogP contribution in [0.25, 0.3) is 6.08 Å². The fourth-order valence-corrected chi connectivity index (χ4v) is 1.88. The van der Waals surface area contributed by atoms with Crippen molar-refractivity contribution in [1.82, 2.24) is 0 Å². The van der Waals surface area contributed by atoms with Crippen LogP contribution in [-0.4, -0.2) is 50.4 Å². The lowest BCUT2D eigenvalue weighted by atomic mass is 10.0. The highest BCUT2D eigenvalue weighted by atomic mass is 16.5. The Morgan fingerprint density at radius 1 is 1.19 bits per heavy atom. The summed E-state index contributed by atoms with van der Waals surface area (Å²) in [4.78, 5) is 20.4. The zero-order valence-corrected chi connectivity index (χ0v) is 14.4. The maximum Gasteiger partial charge on any atom is 0.370 e. The summed E-state index contributed by atoms with van der Waals surface area (Å²) in [6, 6.07) is 6.73. The molecule has 0 saturated carbocycles. The smallest absolute Gasteiger partial charge is 0.370 e. The third-order valence-corrected chi connectivity index (χ3v) is 3.22. The molecule has 8 heteroatoms. The van der Waals surface area contributed by atoms with Gasteiger partial charge in [0.2, 0.25) is 5.76 Å². The van der Waals surface area contributed by atoms with Crippen molar-refractivity contribution in [3.63, 3.8) is 0 Å². The van der Waals surface area contributed by atoms with Crippen LogP contribution in [0.1, 0.15) is 12.0 Å². The van der Waals surface area contributed by atoms with Gasteiger partial charge in [-0.15, -0.1) is 0 Å². The van der Waals surface area contributed by atoms with Crippen LogP contribution in [0.4, 0.5) is 0 Å². The van der Waals surface area contributed by atoms with Gasteiger partial charge in [-0.3, -0.25) is 0 Å². The Balaban J connectivity index is 0.000000271. The summed E-state index contributed by atoms with van der Waals surface area (Å²) >= 11 is 0. The maximum absolute atomic E-state index is 10.3. The molecule has 0 amide bonds. The molecular formula is C19H20O8. The van der Waals surface area contributed by atoms with Crippen LogP contribution in [0, 0.1) is 0 Å². The number of carbonyl (C=O) groups is 2. The highest BCUT2D eigenvalue weighted by molar-refractivity contribution is 5.89. The van der Waals surface area contributed by atoms with Gasteiger partial charge in [-0.1, -0.05) is 24.3 Å². The molecule has 0 spiro atoms. The van der Waals surface area contributed by atoms with Crippen LogP contribution in [0.3, 0.4) is 0 Å². The molecule has 1 aromatic carbocycles. The number of carboxylic acid groups (broad SMARTS) is 2. The Morgan fingerprint density at radius 3 is 2.41 bits per heavy atom. The molecule has 27 heavy (non-hydrogen) atoms. The number of aliphatic hydroxyl groups excluding tert-OH is 1. The minimum absolute atomic E-state index is 0.0722. The molecule has 0 saturated heterocycles. The first-order valence-electron chi connectivity index (χ1n) is 7.66. The van der Waals surface area contributed by atoms with E-state index in [1.54, 1.807) is 30.3 Å². The molecular weight excluding hydrogens is 356 g/mol. The number of rotatable bonds is 5. The number of ether oxygens (including phenoxy) is 1. The van der Waals surface area contributed by atoms with Gasteiger partial charge in [-0.25, -0.2) is 9.59 Å². The highest BCUT2D eigenvalue weighted by Crippen LogP contribution is 2.18. The van der Waals surface area contributed by atoms with Crippen LogP contribution in [0.2, 0.25) is 0 Å². The Morgan fingerprint density at radius 2 is 1.89 bits per heavy atom. The van der Waals surface area contributed by atoms with E-state index in [0.717, 1.165) is 12.2 Å². The Bertz CT molecular complexity index is 800. The molecule has 0 aliphatic heterocycles. The summed E-state index contributed by atoms with van der Waals surface area (Å²) in [6.45, 7) is 0. The molecule has 1 aromatic rings. The number of hydrogen-bond acceptors (Lipinski definition) is 6. The van der Waals surface area contributed by atoms with Gasteiger partial charge in [0.1, 0.15) is 5.75 Å². The predicted molar refractivity (Wildman–Crippen MR) is 97.0 cm³/mol. The van der Waals surface area contributed by atoms with Gasteiger partial charge < -0.3 is 30.3 Å². The van der Waals surface area contributed by atoms with Crippen molar-refractivity contribution in [1.29, 1.82) is 0 Å². The monoisotopic (exact) mass is 376 g/mol. The molecule has 0 unspecified atom stereocenters. The number of carboxylic acids is 2. The second-order valence-electron chi connectivity index (χ2n) is 5.40. The lowest BCUT2D eigenvalue weighted by molar-refractivity contribution is -0.135. The summed E-state index contributed by atoms with van der Waals surface area (Å²) in [6.07, 6.45) is 7.86. The van der Waals surface area contributed by atoms with Crippen molar-refractivity contribution < 1.29 is 39.9 Å². The summed E-state index contributed by atoms with van der Waals surface area (Å²) in [5, 5.41) is 43.8. The minimum Gasteiger partial charge on any atom is -0.502 e. The zero-order valence-electron chi connectivity index (χ0n) is 14.4. The SMILES string of the molecule is COc1cccc(C=C(O)C(=O)O)c1.O=C(O)C=CC1=CCC(O)(O)C=C1. The standard InChI is InChI=1S/C10H10O4.C9H10O4/c1-14-8-4-2-3-7(5-8)6-9(11)10(12)13;10-8(11)2-1-7-3-5-9(12,13)6-4-7/h2-6,11H,1H3,(H,12,13);1-5,12-13H,6H2,(H,10,11). The number of benzene rings is 1. The lowest BCUT2D eigenvalue weighted by Crippen LogP contribution is -2.25. The maximum atomic E-state index is 10.3. The molecule has 0 heterocycles. The molecule has 1 aliphatic carbocycles. The molecule has 1 aliphatic rings. The minimum atomic E-state index is -1.79. The second-order valence-corrected chi connectivity index (χ2v) is 5.40. The van der Waals surface area contributed by atoms with Crippen LogP contribution < -0.4 is 4.74 Å². The van der Waals surface area contributed by atoms with E-state index >= 15 is 0 Å². The van der Waals surface area contributed by atoms with Crippen LogP contribution in [0.15, 0.2) is 66.0 Å². The van der Waals surface area contributed by atoms with E-state index in [9.17, 15) is 9.59 Å². The third kappa shape index (κ3) is 8.52. The van der Waals surface area contributed by atoms with Crippen molar-refractivity contribution in [3.05, 3.63) is 71.5 Å². The Labute approximate surface area is 155 Å². The van der Waals surface area contributed by atoms with Gasteiger partial charge in [0.05, 0.1) is 7.11 Å². The fraction of sp³-hybridized carbons (Fsp3) is 0.158. The van der Waals surface area contributed by atoms with Crippen molar-refractivity contribution in [2.45, 2.75) is 12.2 Å². The van der Waals surface area contributed by atoms with E-state index in [0.29, 0.717) is 16.9 Å². The van der Waals surface area contributed by atoms with Gasteiger partial charge >= 0.3 is 11.9 Å². The van der Waals surface area contributed by atoms with Crippen molar-refractivity contribution >= 4 is 18.0 Å². The largest absolute Gasteiger partial charge is 0.502 e. The quantitative estimate of drug-likeness (QED) is 0.298. The molecule has 0 aromatic heterocycles. The number of allylic oxidation sites excluding steroid dienone is 3. The second kappa shape index (κ2) is 9.95. The van der Waals surface area contributed by atoms with E-state index in [4.69, 9.17) is 30.3 Å². The first-order chi connectivity index (χ1) is 12.6. The summed E-state index contributed by atoms with van der Waals surface area (Å²) in [5.41, 5.74) is 1.23. The first kappa shape index (κ1) is 21.7. The normalized spacial score (nSPS) is 15.5. The van der Waals surface area contributed by atoms with Gasteiger partial charge in [0.25, 0.3) is 0 Å². The topological polar surface area (TPSA) is 145 Å². The fourth-order valence-electron chi connectivity index (χ4n) is 1.88. The van der Waals surface area contributed by atoms with E-state index in [1.165, 1.54) is 25.3 Å². The average molecular weight is 376 g/mol. The molecule has 0 radical (unpaired) electrons. The highest BCUT2D eigenvalue weighted by Gasteiger charge is 2.19. The Kier molecular flexibility index (Phi) is 7.99. The van der Waals surface area contributed by atoms with Crippen LogP contribution in [0.5, 0.6) is 5.75 Å². The third-order valence-electron chi connectivity index (χ3n) is 3.22. The van der Waals surface area contributed by atoms with E-state index in [-0.39, 0.29) is 6.42 Å². The van der Waals surface area contributed by atoms with Crippen molar-refractivity contribution in [2.24, 2.45) is 0 Å². The Hall–Kier alpha value is -3.36. The first-order valence-corrected chi connectivity index (χ1v) is 7.66. The summed E-state index contributed by atoms with van der Waals surface area (Å²) < 4.78 is 4.94. The molecule has 144 valence electrons. The van der Waals surface area contributed by atoms with E-state index in [1.807, 2.05) is 0 Å². The molecule has 8 nitrogen and oxygen atoms in total. The summed E-state index contributed by atoms with van der Waals surface area (Å²) in [5.74, 6) is -4.26. The molecule has 5 N–H and O–H groups in total. The number of methoxy groups -OCH3 is 1. The van der Waals surface area contributed by atoms with E-state index in [2.05, 4.69) is 0 Å². The predicted octanol–water partition coefficient (Wildman–Crippen LogP) is 1.87. The van der Waals surface area contributed by atoms with Gasteiger partial charge in [-0.05, 0) is 41.5 Å². The number of aliphatic hydroxyl groups is 3. The number of hydrogen-bond donors (Lipinski definition) is 5. The molecule has 0 atom stereocenters. The number of aliphatic carboxylic acids is 2. The van der Waals surface area contributed by atoms with Crippen molar-refractivity contribution in [3.8, 4) is 5.75 Å². The van der Waals surface area contributed by atoms with Crippen LogP contribution in [-0.2, 0) is 9.59 Å². The zero-order chi connectivity index (χ0) is 20.4. The molecule has 0 fully saturated rings. The van der Waals surface area contributed by atoms with Crippen LogP contribution >= 0.6 is 0 Å². The lowest BCUT2D eigenvalue weighted by Gasteiger charge is -2.18. The molecule has 0 bridgehead atoms. The van der Waals surface area contributed by atoms with Crippen molar-refractivity contribution in [2.75, 3.05) is 7.11 Å². The molecule has 2 rings (SSSR count). The summed E-state index contributed by atoms with van der Waals surface area (Å²) in [7, 11) is 1.51.